The van der Waals surface area contributed by atoms with Crippen LogP contribution in [0.5, 0.6) is 0 Å². The number of benzene rings is 1. The van der Waals surface area contributed by atoms with Crippen LogP contribution in [0.2, 0.25) is 10.0 Å². The molecule has 0 N–H and O–H groups in total. The van der Waals surface area contributed by atoms with Gasteiger partial charge in [0.25, 0.3) is 5.91 Å². The molecule has 1 saturated heterocycles. The molecule has 1 unspecified atom stereocenters. The Morgan fingerprint density at radius 3 is 2.67 bits per heavy atom. The maximum atomic E-state index is 12.5. The summed E-state index contributed by atoms with van der Waals surface area (Å²) in [7, 11) is -1.48. The predicted octanol–water partition coefficient (Wildman–Crippen LogP) is 3.51. The van der Waals surface area contributed by atoms with Gasteiger partial charge >= 0.3 is 0 Å². The molecule has 0 aliphatic carbocycles. The van der Waals surface area contributed by atoms with E-state index in [1.807, 2.05) is 0 Å². The summed E-state index contributed by atoms with van der Waals surface area (Å²) in [6.45, 7) is 0. The van der Waals surface area contributed by atoms with Crippen LogP contribution < -0.4 is 0 Å². The standard InChI is InChI=1S/C16H15Cl2NO4S/c1-19(11-6-7-24(21,22)9-11)16(20)15-5-4-14(23-15)12-8-10(17)2-3-13(12)18/h2-5,8,11H,6-7,9H2,1H3. The van der Waals surface area contributed by atoms with Crippen LogP contribution in [-0.4, -0.2) is 43.8 Å². The second-order valence-corrected chi connectivity index (χ2v) is 8.83. The van der Waals surface area contributed by atoms with Crippen molar-refractivity contribution in [1.82, 2.24) is 4.90 Å². The number of carbonyl (C=O) groups is 1. The number of furan rings is 1. The smallest absolute Gasteiger partial charge is 0.289 e. The van der Waals surface area contributed by atoms with Gasteiger partial charge in [-0.25, -0.2) is 8.42 Å². The van der Waals surface area contributed by atoms with E-state index in [1.165, 1.54) is 4.90 Å². The Labute approximate surface area is 150 Å². The highest BCUT2D eigenvalue weighted by Gasteiger charge is 2.33. The van der Waals surface area contributed by atoms with E-state index in [4.69, 9.17) is 27.6 Å². The zero-order valence-corrected chi connectivity index (χ0v) is 15.2. The van der Waals surface area contributed by atoms with Gasteiger partial charge in [0.2, 0.25) is 0 Å². The van der Waals surface area contributed by atoms with E-state index in [0.717, 1.165) is 0 Å². The summed E-state index contributed by atoms with van der Waals surface area (Å²) >= 11 is 12.1. The van der Waals surface area contributed by atoms with Gasteiger partial charge < -0.3 is 9.32 Å². The predicted molar refractivity (Wildman–Crippen MR) is 93.3 cm³/mol. The van der Waals surface area contributed by atoms with Crippen LogP contribution in [0.4, 0.5) is 0 Å². The van der Waals surface area contributed by atoms with Crippen LogP contribution in [0.15, 0.2) is 34.7 Å². The molecule has 1 atom stereocenters. The molecule has 3 rings (SSSR count). The Morgan fingerprint density at radius 1 is 1.25 bits per heavy atom. The Bertz CT molecular complexity index is 891. The molecule has 24 heavy (non-hydrogen) atoms. The molecular weight excluding hydrogens is 373 g/mol. The molecule has 0 radical (unpaired) electrons. The molecule has 2 aromatic rings. The molecule has 8 heteroatoms. The summed E-state index contributed by atoms with van der Waals surface area (Å²) < 4.78 is 28.8. The lowest BCUT2D eigenvalue weighted by Gasteiger charge is -2.22. The number of halogens is 2. The topological polar surface area (TPSA) is 67.6 Å². The summed E-state index contributed by atoms with van der Waals surface area (Å²) in [6, 6.07) is 7.84. The number of carbonyl (C=O) groups excluding carboxylic acids is 1. The van der Waals surface area contributed by atoms with Crippen LogP contribution in [-0.2, 0) is 9.84 Å². The molecule has 0 spiro atoms. The molecule has 1 amide bonds. The summed E-state index contributed by atoms with van der Waals surface area (Å²) in [6.07, 6.45) is 0.443. The molecule has 1 fully saturated rings. The molecule has 0 saturated carbocycles. The maximum Gasteiger partial charge on any atom is 0.289 e. The number of sulfone groups is 1. The number of rotatable bonds is 3. The number of nitrogens with zero attached hydrogens (tertiary/aromatic N) is 1. The Morgan fingerprint density at radius 2 is 2.00 bits per heavy atom. The maximum absolute atomic E-state index is 12.5. The first-order valence-electron chi connectivity index (χ1n) is 7.30. The van der Waals surface area contributed by atoms with E-state index in [-0.39, 0.29) is 29.2 Å². The minimum atomic E-state index is -3.06. The Kier molecular flexibility index (Phi) is 4.64. The lowest BCUT2D eigenvalue weighted by molar-refractivity contribution is 0.0716. The van der Waals surface area contributed by atoms with Crippen molar-refractivity contribution in [2.45, 2.75) is 12.5 Å². The number of hydrogen-bond acceptors (Lipinski definition) is 4. The third kappa shape index (κ3) is 3.45. The largest absolute Gasteiger partial charge is 0.451 e. The van der Waals surface area contributed by atoms with Gasteiger partial charge in [0.15, 0.2) is 15.6 Å². The SMILES string of the molecule is CN(C(=O)c1ccc(-c2cc(Cl)ccc2Cl)o1)C1CCS(=O)(=O)C1. The minimum Gasteiger partial charge on any atom is -0.451 e. The second-order valence-electron chi connectivity index (χ2n) is 5.76. The Balaban J connectivity index is 1.82. The summed E-state index contributed by atoms with van der Waals surface area (Å²) in [5.74, 6) is 0.298. The highest BCUT2D eigenvalue weighted by Crippen LogP contribution is 2.32. The average Bonchev–Trinajstić information content (AvgIpc) is 3.15. The van der Waals surface area contributed by atoms with Crippen LogP contribution in [0, 0.1) is 0 Å². The van der Waals surface area contributed by atoms with Crippen molar-refractivity contribution < 1.29 is 17.6 Å². The van der Waals surface area contributed by atoms with Crippen LogP contribution in [0.3, 0.4) is 0 Å². The van der Waals surface area contributed by atoms with Gasteiger partial charge in [0.05, 0.1) is 16.5 Å². The van der Waals surface area contributed by atoms with E-state index >= 15 is 0 Å². The minimum absolute atomic E-state index is 0.0110. The quantitative estimate of drug-likeness (QED) is 0.807. The van der Waals surface area contributed by atoms with Gasteiger partial charge in [-0.05, 0) is 36.8 Å². The average molecular weight is 388 g/mol. The van der Waals surface area contributed by atoms with Crippen molar-refractivity contribution in [3.8, 4) is 11.3 Å². The number of amides is 1. The molecule has 5 nitrogen and oxygen atoms in total. The molecule has 1 aliphatic heterocycles. The lowest BCUT2D eigenvalue weighted by Crippen LogP contribution is -2.37. The van der Waals surface area contributed by atoms with Gasteiger partial charge in [0.1, 0.15) is 5.76 Å². The molecule has 1 aromatic heterocycles. The first-order valence-corrected chi connectivity index (χ1v) is 9.87. The molecule has 128 valence electrons. The van der Waals surface area contributed by atoms with Crippen molar-refractivity contribution in [2.24, 2.45) is 0 Å². The van der Waals surface area contributed by atoms with E-state index in [9.17, 15) is 13.2 Å². The van der Waals surface area contributed by atoms with Gasteiger partial charge in [-0.1, -0.05) is 23.2 Å². The van der Waals surface area contributed by atoms with E-state index < -0.39 is 9.84 Å². The number of hydrogen-bond donors (Lipinski definition) is 0. The first-order chi connectivity index (χ1) is 11.3. The molecular formula is C16H15Cl2NO4S. The molecule has 2 heterocycles. The van der Waals surface area contributed by atoms with E-state index in [0.29, 0.717) is 27.8 Å². The third-order valence-electron chi connectivity index (χ3n) is 4.09. The summed E-state index contributed by atoms with van der Waals surface area (Å²) in [4.78, 5) is 13.9. The fourth-order valence-corrected chi connectivity index (χ4v) is 4.86. The normalized spacial score (nSPS) is 19.4. The molecule has 1 aromatic carbocycles. The lowest BCUT2D eigenvalue weighted by atomic mass is 10.2. The second kappa shape index (κ2) is 6.43. The van der Waals surface area contributed by atoms with Crippen LogP contribution in [0.25, 0.3) is 11.3 Å². The highest BCUT2D eigenvalue weighted by molar-refractivity contribution is 7.91. The fourth-order valence-electron chi connectivity index (χ4n) is 2.70. The van der Waals surface area contributed by atoms with Gasteiger partial charge in [-0.2, -0.15) is 0 Å². The van der Waals surface area contributed by atoms with Gasteiger partial charge in [0, 0.05) is 23.7 Å². The Hall–Kier alpha value is -1.50. The highest BCUT2D eigenvalue weighted by atomic mass is 35.5. The van der Waals surface area contributed by atoms with Gasteiger partial charge in [-0.15, -0.1) is 0 Å². The first kappa shape index (κ1) is 17.3. The van der Waals surface area contributed by atoms with E-state index in [1.54, 1.807) is 37.4 Å². The van der Waals surface area contributed by atoms with Crippen LogP contribution >= 0.6 is 23.2 Å². The third-order valence-corrected chi connectivity index (χ3v) is 6.40. The zero-order chi connectivity index (χ0) is 17.5. The van der Waals surface area contributed by atoms with E-state index in [2.05, 4.69) is 0 Å². The zero-order valence-electron chi connectivity index (χ0n) is 12.8. The molecule has 1 aliphatic rings. The van der Waals surface area contributed by atoms with Crippen LogP contribution in [0.1, 0.15) is 17.0 Å². The van der Waals surface area contributed by atoms with Crippen molar-refractivity contribution in [1.29, 1.82) is 0 Å². The van der Waals surface area contributed by atoms with Crippen molar-refractivity contribution in [2.75, 3.05) is 18.6 Å². The van der Waals surface area contributed by atoms with Crippen molar-refractivity contribution >= 4 is 38.9 Å². The monoisotopic (exact) mass is 387 g/mol. The molecule has 0 bridgehead atoms. The fraction of sp³-hybridized carbons (Fsp3) is 0.312. The summed E-state index contributed by atoms with van der Waals surface area (Å²) in [5.41, 5.74) is 0.592. The van der Waals surface area contributed by atoms with Crippen molar-refractivity contribution in [3.63, 3.8) is 0 Å². The van der Waals surface area contributed by atoms with Crippen molar-refractivity contribution in [3.05, 3.63) is 46.1 Å². The van der Waals surface area contributed by atoms with Gasteiger partial charge in [-0.3, -0.25) is 4.79 Å². The summed E-state index contributed by atoms with van der Waals surface area (Å²) in [5, 5.41) is 0.968.